The number of hydrogen-bond donors (Lipinski definition) is 0. The smallest absolute Gasteiger partial charge is 0.306 e. The average molecular weight is 845 g/mol. The van der Waals surface area contributed by atoms with Gasteiger partial charge >= 0.3 is 17.9 Å². The van der Waals surface area contributed by atoms with E-state index >= 15 is 0 Å². The number of unbranched alkanes of at least 4 members (excludes halogenated alkanes) is 13. The molecule has 0 aromatic carbocycles. The van der Waals surface area contributed by atoms with Gasteiger partial charge in [0.15, 0.2) is 6.10 Å². The summed E-state index contributed by atoms with van der Waals surface area (Å²) in [6.45, 7) is 6.34. The van der Waals surface area contributed by atoms with Crippen molar-refractivity contribution < 1.29 is 28.6 Å². The van der Waals surface area contributed by atoms with Crippen LogP contribution in [0.25, 0.3) is 0 Å². The zero-order valence-electron chi connectivity index (χ0n) is 39.1. The van der Waals surface area contributed by atoms with Crippen LogP contribution < -0.4 is 0 Å². The highest BCUT2D eigenvalue weighted by molar-refractivity contribution is 5.71. The predicted molar refractivity (Wildman–Crippen MR) is 260 cm³/mol. The average Bonchev–Trinajstić information content (AvgIpc) is 3.26. The van der Waals surface area contributed by atoms with Gasteiger partial charge in [0, 0.05) is 19.3 Å². The maximum Gasteiger partial charge on any atom is 0.306 e. The third-order valence-corrected chi connectivity index (χ3v) is 9.79. The van der Waals surface area contributed by atoms with Crippen LogP contribution in [0.2, 0.25) is 0 Å². The monoisotopic (exact) mass is 845 g/mol. The minimum Gasteiger partial charge on any atom is -0.462 e. The highest BCUT2D eigenvalue weighted by Gasteiger charge is 2.19. The van der Waals surface area contributed by atoms with E-state index in [1.54, 1.807) is 0 Å². The molecule has 0 saturated carbocycles. The second-order valence-corrected chi connectivity index (χ2v) is 15.6. The molecule has 0 heterocycles. The lowest BCUT2D eigenvalue weighted by molar-refractivity contribution is -0.167. The van der Waals surface area contributed by atoms with Crippen molar-refractivity contribution in [1.29, 1.82) is 0 Å². The maximum atomic E-state index is 12.6. The lowest BCUT2D eigenvalue weighted by atomic mass is 10.1. The summed E-state index contributed by atoms with van der Waals surface area (Å²) >= 11 is 0. The van der Waals surface area contributed by atoms with Crippen LogP contribution in [0.5, 0.6) is 0 Å². The molecule has 0 fully saturated rings. The quantitative estimate of drug-likeness (QED) is 0.0264. The molecule has 0 rings (SSSR count). The Hall–Kier alpha value is -3.93. The Balaban J connectivity index is 4.20. The van der Waals surface area contributed by atoms with E-state index in [1.807, 2.05) is 0 Å². The van der Waals surface area contributed by atoms with Crippen molar-refractivity contribution >= 4 is 17.9 Å². The Labute approximate surface area is 374 Å². The molecule has 0 saturated heterocycles. The van der Waals surface area contributed by atoms with E-state index in [0.29, 0.717) is 19.3 Å². The highest BCUT2D eigenvalue weighted by Crippen LogP contribution is 2.12. The third-order valence-electron chi connectivity index (χ3n) is 9.79. The Bertz CT molecular complexity index is 1290. The van der Waals surface area contributed by atoms with Crippen molar-refractivity contribution in [2.75, 3.05) is 13.2 Å². The molecular weight excluding hydrogens is 757 g/mol. The minimum absolute atomic E-state index is 0.0971. The van der Waals surface area contributed by atoms with E-state index in [0.717, 1.165) is 116 Å². The van der Waals surface area contributed by atoms with Gasteiger partial charge in [-0.25, -0.2) is 0 Å². The Kier molecular flexibility index (Phi) is 45.6. The molecule has 0 aliphatic rings. The van der Waals surface area contributed by atoms with E-state index < -0.39 is 6.10 Å². The molecule has 61 heavy (non-hydrogen) atoms. The molecule has 6 nitrogen and oxygen atoms in total. The molecule has 0 N–H and O–H groups in total. The fraction of sp³-hybridized carbons (Fsp3) is 0.618. The van der Waals surface area contributed by atoms with Gasteiger partial charge in [0.2, 0.25) is 0 Å². The first-order valence-corrected chi connectivity index (χ1v) is 24.4. The topological polar surface area (TPSA) is 78.9 Å². The van der Waals surface area contributed by atoms with Gasteiger partial charge in [-0.3, -0.25) is 14.4 Å². The standard InChI is InChI=1S/C55H88O6/c1-4-7-10-13-15-17-18-19-20-21-22-23-24-25-26-27-28-29-30-31-32-33-34-35-36-38-39-42-45-48-54(57)60-51-52(50-59-53(56)47-44-41-12-9-6-3)61-55(58)49-46-43-40-37-16-14-11-8-5-2/h7,10,15,17,19-20,22-23,25-26,28-29,31-32,34-35,38-39,52H,4-6,8-9,11-14,16,18,21,24,27,30,33,36-37,40-51H2,1-3H3/b10-7-,17-15-,20-19-,23-22-,26-25-,29-28-,32-31-,35-34-,39-38-. The lowest BCUT2D eigenvalue weighted by Crippen LogP contribution is -2.30. The number of hydrogen-bond acceptors (Lipinski definition) is 6. The van der Waals surface area contributed by atoms with Gasteiger partial charge in [-0.05, 0) is 83.5 Å². The lowest BCUT2D eigenvalue weighted by Gasteiger charge is -2.18. The summed E-state index contributed by atoms with van der Waals surface area (Å²) in [5.41, 5.74) is 0. The molecule has 0 bridgehead atoms. The second kappa shape index (κ2) is 48.7. The van der Waals surface area contributed by atoms with Crippen molar-refractivity contribution in [2.24, 2.45) is 0 Å². The number of rotatable bonds is 42. The molecule has 0 radical (unpaired) electrons. The Morgan fingerprint density at radius 2 is 0.639 bits per heavy atom. The van der Waals surface area contributed by atoms with Gasteiger partial charge in [-0.1, -0.05) is 207 Å². The summed E-state index contributed by atoms with van der Waals surface area (Å²) in [7, 11) is 0. The summed E-state index contributed by atoms with van der Waals surface area (Å²) in [6, 6.07) is 0. The zero-order valence-corrected chi connectivity index (χ0v) is 39.1. The van der Waals surface area contributed by atoms with Crippen molar-refractivity contribution in [2.45, 2.75) is 207 Å². The van der Waals surface area contributed by atoms with Crippen molar-refractivity contribution in [3.63, 3.8) is 0 Å². The van der Waals surface area contributed by atoms with E-state index in [1.165, 1.54) is 38.5 Å². The van der Waals surface area contributed by atoms with Crippen molar-refractivity contribution in [1.82, 2.24) is 0 Å². The first-order chi connectivity index (χ1) is 30.0. The first-order valence-electron chi connectivity index (χ1n) is 24.4. The van der Waals surface area contributed by atoms with Gasteiger partial charge in [0.1, 0.15) is 13.2 Å². The highest BCUT2D eigenvalue weighted by atomic mass is 16.6. The largest absolute Gasteiger partial charge is 0.462 e. The van der Waals surface area contributed by atoms with Crippen LogP contribution in [-0.2, 0) is 28.6 Å². The Morgan fingerprint density at radius 3 is 1.00 bits per heavy atom. The predicted octanol–water partition coefficient (Wildman–Crippen LogP) is 16.0. The van der Waals surface area contributed by atoms with Crippen LogP contribution in [0.4, 0.5) is 0 Å². The summed E-state index contributed by atoms with van der Waals surface area (Å²) < 4.78 is 16.5. The van der Waals surface area contributed by atoms with Crippen molar-refractivity contribution in [3.8, 4) is 0 Å². The summed E-state index contributed by atoms with van der Waals surface area (Å²) in [5, 5.41) is 0. The van der Waals surface area contributed by atoms with Gasteiger partial charge in [0.25, 0.3) is 0 Å². The fourth-order valence-electron chi connectivity index (χ4n) is 6.15. The number of ether oxygens (including phenoxy) is 3. The SMILES string of the molecule is CC/C=C\C/C=C\C/C=C\C/C=C\C/C=C\C/C=C\C/C=C\C/C=C\C/C=C\CCCC(=O)OCC(COC(=O)CCCCCCC)OC(=O)CCCCCCCCCCC. The number of carbonyl (C=O) groups is 3. The van der Waals surface area contributed by atoms with Gasteiger partial charge in [0.05, 0.1) is 0 Å². The zero-order chi connectivity index (χ0) is 44.4. The molecule has 6 heteroatoms. The van der Waals surface area contributed by atoms with E-state index in [9.17, 15) is 14.4 Å². The molecule has 0 aliphatic carbocycles. The van der Waals surface area contributed by atoms with Crippen LogP contribution in [0.3, 0.4) is 0 Å². The van der Waals surface area contributed by atoms with E-state index in [2.05, 4.69) is 130 Å². The van der Waals surface area contributed by atoms with Gasteiger partial charge in [-0.2, -0.15) is 0 Å². The first kappa shape index (κ1) is 57.1. The molecule has 0 aromatic rings. The van der Waals surface area contributed by atoms with Gasteiger partial charge in [-0.15, -0.1) is 0 Å². The maximum absolute atomic E-state index is 12.6. The summed E-state index contributed by atoms with van der Waals surface area (Å²) in [4.78, 5) is 37.4. The van der Waals surface area contributed by atoms with Gasteiger partial charge < -0.3 is 14.2 Å². The van der Waals surface area contributed by atoms with Crippen LogP contribution in [-0.4, -0.2) is 37.2 Å². The number of carbonyl (C=O) groups excluding carboxylic acids is 3. The normalized spacial score (nSPS) is 13.0. The van der Waals surface area contributed by atoms with E-state index in [-0.39, 0.29) is 37.5 Å². The molecule has 1 atom stereocenters. The number of allylic oxidation sites excluding steroid dienone is 18. The van der Waals surface area contributed by atoms with Crippen LogP contribution >= 0.6 is 0 Å². The molecule has 344 valence electrons. The van der Waals surface area contributed by atoms with Crippen LogP contribution in [0.1, 0.15) is 201 Å². The molecule has 0 amide bonds. The fourth-order valence-corrected chi connectivity index (χ4v) is 6.15. The molecule has 1 unspecified atom stereocenters. The molecule has 0 aromatic heterocycles. The van der Waals surface area contributed by atoms with E-state index in [4.69, 9.17) is 14.2 Å². The molecule has 0 aliphatic heterocycles. The molecular formula is C55H88O6. The minimum atomic E-state index is -0.794. The van der Waals surface area contributed by atoms with Crippen molar-refractivity contribution in [3.05, 3.63) is 109 Å². The number of esters is 3. The second-order valence-electron chi connectivity index (χ2n) is 15.6. The third kappa shape index (κ3) is 47.0. The van der Waals surface area contributed by atoms with Crippen LogP contribution in [0, 0.1) is 0 Å². The van der Waals surface area contributed by atoms with Crippen LogP contribution in [0.15, 0.2) is 109 Å². The summed E-state index contributed by atoms with van der Waals surface area (Å²) in [6.07, 6.45) is 65.6. The molecule has 0 spiro atoms. The Morgan fingerprint density at radius 1 is 0.344 bits per heavy atom. The summed E-state index contributed by atoms with van der Waals surface area (Å²) in [5.74, 6) is -0.986.